The highest BCUT2D eigenvalue weighted by molar-refractivity contribution is 6.11. The summed E-state index contributed by atoms with van der Waals surface area (Å²) in [6.45, 7) is 0. The van der Waals surface area contributed by atoms with Crippen LogP contribution in [0.2, 0.25) is 0 Å². The highest BCUT2D eigenvalue weighted by Gasteiger charge is 2.19. The molecule has 0 radical (unpaired) electrons. The van der Waals surface area contributed by atoms with Crippen molar-refractivity contribution in [3.05, 3.63) is 47.9 Å². The van der Waals surface area contributed by atoms with Crippen LogP contribution in [0.15, 0.2) is 36.5 Å². The van der Waals surface area contributed by atoms with Crippen molar-refractivity contribution in [1.29, 1.82) is 0 Å². The molecule has 0 aliphatic carbocycles. The number of pyridine rings is 1. The molecule has 17 heavy (non-hydrogen) atoms. The van der Waals surface area contributed by atoms with E-state index in [2.05, 4.69) is 15.6 Å². The lowest BCUT2D eigenvalue weighted by Gasteiger charge is -2.07. The second-order valence-electron chi connectivity index (χ2n) is 3.67. The van der Waals surface area contributed by atoms with Crippen LogP contribution in [0, 0.1) is 5.82 Å². The van der Waals surface area contributed by atoms with Crippen LogP contribution in [0.4, 0.5) is 21.6 Å². The Bertz CT molecular complexity index is 612. The normalized spacial score (nSPS) is 12.9. The Hall–Kier alpha value is -2.43. The van der Waals surface area contributed by atoms with Gasteiger partial charge in [-0.15, -0.1) is 0 Å². The number of nitrogens with zero attached hydrogens (tertiary/aromatic N) is 1. The third-order valence-electron chi connectivity index (χ3n) is 2.54. The van der Waals surface area contributed by atoms with Crippen molar-refractivity contribution in [2.75, 3.05) is 10.6 Å². The number of fused-ring (bicyclic) bond motifs is 2. The van der Waals surface area contributed by atoms with E-state index < -0.39 is 0 Å². The van der Waals surface area contributed by atoms with Crippen LogP contribution in [-0.2, 0) is 0 Å². The maximum Gasteiger partial charge on any atom is 0.259 e. The van der Waals surface area contributed by atoms with E-state index in [1.165, 1.54) is 18.2 Å². The molecule has 3 rings (SSSR count). The van der Waals surface area contributed by atoms with Crippen LogP contribution in [0.5, 0.6) is 0 Å². The third-order valence-corrected chi connectivity index (χ3v) is 2.54. The summed E-state index contributed by atoms with van der Waals surface area (Å²) >= 11 is 0. The van der Waals surface area contributed by atoms with Gasteiger partial charge in [-0.05, 0) is 30.3 Å². The van der Waals surface area contributed by atoms with Crippen LogP contribution >= 0.6 is 0 Å². The number of amides is 1. The molecule has 2 aromatic rings. The summed E-state index contributed by atoms with van der Waals surface area (Å²) in [6, 6.07) is 7.47. The number of hydrogen-bond acceptors (Lipinski definition) is 3. The van der Waals surface area contributed by atoms with E-state index in [-0.39, 0.29) is 11.7 Å². The molecule has 84 valence electrons. The molecular weight excluding hydrogens is 221 g/mol. The molecule has 1 aromatic heterocycles. The van der Waals surface area contributed by atoms with E-state index in [0.717, 1.165) is 0 Å². The van der Waals surface area contributed by atoms with Crippen LogP contribution in [0.25, 0.3) is 0 Å². The molecule has 1 aliphatic rings. The highest BCUT2D eigenvalue weighted by Crippen LogP contribution is 2.30. The predicted octanol–water partition coefficient (Wildman–Crippen LogP) is 2.53. The van der Waals surface area contributed by atoms with Crippen molar-refractivity contribution >= 4 is 23.1 Å². The largest absolute Gasteiger partial charge is 0.338 e. The molecule has 0 fully saturated rings. The van der Waals surface area contributed by atoms with Gasteiger partial charge in [-0.3, -0.25) is 4.79 Å². The Morgan fingerprint density at radius 3 is 2.88 bits per heavy atom. The van der Waals surface area contributed by atoms with E-state index >= 15 is 0 Å². The molecule has 1 aromatic carbocycles. The van der Waals surface area contributed by atoms with Crippen LogP contribution < -0.4 is 10.6 Å². The van der Waals surface area contributed by atoms with Crippen LogP contribution in [-0.4, -0.2) is 10.9 Å². The fraction of sp³-hybridized carbons (Fsp3) is 0. The third kappa shape index (κ3) is 1.61. The first-order chi connectivity index (χ1) is 8.24. The van der Waals surface area contributed by atoms with Gasteiger partial charge in [0.1, 0.15) is 11.6 Å². The quantitative estimate of drug-likeness (QED) is 0.729. The van der Waals surface area contributed by atoms with Gasteiger partial charge in [0, 0.05) is 6.20 Å². The van der Waals surface area contributed by atoms with Gasteiger partial charge < -0.3 is 10.6 Å². The lowest BCUT2D eigenvalue weighted by atomic mass is 10.2. The Kier molecular flexibility index (Phi) is 2.04. The van der Waals surface area contributed by atoms with Crippen molar-refractivity contribution in [3.8, 4) is 0 Å². The number of nitrogens with one attached hydrogen (secondary N) is 2. The number of carbonyl (C=O) groups excluding carboxylic acids is 1. The second kappa shape index (κ2) is 3.55. The molecule has 2 heterocycles. The Labute approximate surface area is 96.5 Å². The van der Waals surface area contributed by atoms with Gasteiger partial charge >= 0.3 is 0 Å². The lowest BCUT2D eigenvalue weighted by Crippen LogP contribution is -2.10. The number of hydrogen-bond donors (Lipinski definition) is 2. The Morgan fingerprint density at radius 2 is 2.00 bits per heavy atom. The zero-order valence-corrected chi connectivity index (χ0v) is 8.70. The first kappa shape index (κ1) is 9.77. The fourth-order valence-corrected chi connectivity index (χ4v) is 1.73. The predicted molar refractivity (Wildman–Crippen MR) is 61.9 cm³/mol. The molecule has 0 saturated heterocycles. The minimum absolute atomic E-state index is 0.258. The molecule has 0 unspecified atom stereocenters. The summed E-state index contributed by atoms with van der Waals surface area (Å²) in [7, 11) is 0. The zero-order valence-electron chi connectivity index (χ0n) is 8.70. The molecule has 1 amide bonds. The maximum atomic E-state index is 13.1. The summed E-state index contributed by atoms with van der Waals surface area (Å²) in [5.74, 6) is -0.204. The number of carbonyl (C=O) groups is 1. The van der Waals surface area contributed by atoms with E-state index in [4.69, 9.17) is 0 Å². The van der Waals surface area contributed by atoms with Crippen molar-refractivity contribution < 1.29 is 9.18 Å². The van der Waals surface area contributed by atoms with Crippen LogP contribution in [0.1, 0.15) is 10.4 Å². The average Bonchev–Trinajstić information content (AvgIpc) is 2.46. The lowest BCUT2D eigenvalue weighted by molar-refractivity contribution is 0.102. The number of benzene rings is 1. The number of anilines is 3. The smallest absolute Gasteiger partial charge is 0.259 e. The number of rotatable bonds is 0. The molecule has 0 saturated carbocycles. The van der Waals surface area contributed by atoms with Gasteiger partial charge in [0.05, 0.1) is 16.9 Å². The molecule has 4 nitrogen and oxygen atoms in total. The van der Waals surface area contributed by atoms with Crippen molar-refractivity contribution in [1.82, 2.24) is 4.98 Å². The van der Waals surface area contributed by atoms with Crippen molar-refractivity contribution in [3.63, 3.8) is 0 Å². The summed E-state index contributed by atoms with van der Waals surface area (Å²) in [4.78, 5) is 15.9. The monoisotopic (exact) mass is 229 g/mol. The fourth-order valence-electron chi connectivity index (χ4n) is 1.73. The number of halogens is 1. The van der Waals surface area contributed by atoms with E-state index in [1.807, 2.05) is 0 Å². The maximum absolute atomic E-state index is 13.1. The molecular formula is C12H8FN3O. The average molecular weight is 229 g/mol. The molecule has 0 bridgehead atoms. The highest BCUT2D eigenvalue weighted by atomic mass is 19.1. The van der Waals surface area contributed by atoms with Crippen molar-refractivity contribution in [2.45, 2.75) is 0 Å². The topological polar surface area (TPSA) is 54.0 Å². The van der Waals surface area contributed by atoms with Gasteiger partial charge in [-0.1, -0.05) is 0 Å². The summed E-state index contributed by atoms with van der Waals surface area (Å²) in [6.07, 6.45) is 1.57. The zero-order chi connectivity index (χ0) is 11.8. The van der Waals surface area contributed by atoms with Crippen molar-refractivity contribution in [2.24, 2.45) is 0 Å². The SMILES string of the molecule is O=C1Nc2ccc(F)cc2Nc2ncccc21. The molecule has 0 atom stereocenters. The Balaban J connectivity index is 2.18. The van der Waals surface area contributed by atoms with Crippen LogP contribution in [0.3, 0.4) is 0 Å². The molecule has 5 heteroatoms. The number of aromatic nitrogens is 1. The van der Waals surface area contributed by atoms with Gasteiger partial charge in [0.2, 0.25) is 0 Å². The van der Waals surface area contributed by atoms with E-state index in [9.17, 15) is 9.18 Å². The molecule has 1 aliphatic heterocycles. The standard InChI is InChI=1S/C12H8FN3O/c13-7-3-4-9-10(6-7)15-11-8(12(17)16-9)2-1-5-14-11/h1-6H,(H,14,15)(H,16,17). The van der Waals surface area contributed by atoms with Gasteiger partial charge in [0.15, 0.2) is 0 Å². The van der Waals surface area contributed by atoms with E-state index in [1.54, 1.807) is 18.3 Å². The van der Waals surface area contributed by atoms with E-state index in [0.29, 0.717) is 22.8 Å². The summed E-state index contributed by atoms with van der Waals surface area (Å²) in [5.41, 5.74) is 1.47. The first-order valence-electron chi connectivity index (χ1n) is 5.07. The minimum atomic E-state index is -0.370. The Morgan fingerprint density at radius 1 is 1.12 bits per heavy atom. The summed E-state index contributed by atoms with van der Waals surface area (Å²) < 4.78 is 13.1. The first-order valence-corrected chi connectivity index (χ1v) is 5.07. The minimum Gasteiger partial charge on any atom is -0.338 e. The molecule has 2 N–H and O–H groups in total. The van der Waals surface area contributed by atoms with Gasteiger partial charge in [0.25, 0.3) is 5.91 Å². The second-order valence-corrected chi connectivity index (χ2v) is 3.67. The van der Waals surface area contributed by atoms with Gasteiger partial charge in [-0.25, -0.2) is 9.37 Å². The molecule has 0 spiro atoms. The summed E-state index contributed by atoms with van der Waals surface area (Å²) in [5, 5.41) is 5.64. The van der Waals surface area contributed by atoms with Gasteiger partial charge in [-0.2, -0.15) is 0 Å².